The lowest BCUT2D eigenvalue weighted by Crippen LogP contribution is -2.32. The Bertz CT molecular complexity index is 786. The summed E-state index contributed by atoms with van der Waals surface area (Å²) in [6.45, 7) is 0.0834. The number of aromatic nitrogens is 3. The van der Waals surface area contributed by atoms with Crippen LogP contribution in [0.1, 0.15) is 40.5 Å². The summed E-state index contributed by atoms with van der Waals surface area (Å²) in [5.41, 5.74) is 1.35. The molecule has 0 aromatic carbocycles. The van der Waals surface area contributed by atoms with Gasteiger partial charge in [0, 0.05) is 18.8 Å². The van der Waals surface area contributed by atoms with E-state index in [9.17, 15) is 13.6 Å². The first-order valence-electron chi connectivity index (χ1n) is 7.23. The molecule has 6 nitrogen and oxygen atoms in total. The summed E-state index contributed by atoms with van der Waals surface area (Å²) < 4.78 is 28.8. The molecule has 1 aliphatic rings. The summed E-state index contributed by atoms with van der Waals surface area (Å²) in [5, 5.41) is 13.1. The van der Waals surface area contributed by atoms with E-state index in [-0.39, 0.29) is 12.2 Å². The highest BCUT2D eigenvalue weighted by atomic mass is 19.3. The summed E-state index contributed by atoms with van der Waals surface area (Å²) >= 11 is 0. The molecule has 0 radical (unpaired) electrons. The van der Waals surface area contributed by atoms with Gasteiger partial charge in [0.25, 0.3) is 5.91 Å². The topological polar surface area (TPSA) is 66.8 Å². The van der Waals surface area contributed by atoms with E-state index in [1.165, 1.54) is 17.0 Å². The van der Waals surface area contributed by atoms with Gasteiger partial charge in [0.15, 0.2) is 5.69 Å². The van der Waals surface area contributed by atoms with E-state index in [1.54, 1.807) is 17.7 Å². The van der Waals surface area contributed by atoms with Gasteiger partial charge in [-0.3, -0.25) is 14.0 Å². The third kappa shape index (κ3) is 2.70. The molecule has 2 aromatic heterocycles. The highest BCUT2D eigenvalue weighted by molar-refractivity contribution is 5.93. The van der Waals surface area contributed by atoms with Crippen LogP contribution in [0.2, 0.25) is 0 Å². The molecule has 0 saturated carbocycles. The summed E-state index contributed by atoms with van der Waals surface area (Å²) in [7, 11) is 0. The summed E-state index contributed by atoms with van der Waals surface area (Å²) in [5.74, 6) is -0.438. The van der Waals surface area contributed by atoms with Crippen LogP contribution < -0.4 is 0 Å². The van der Waals surface area contributed by atoms with Gasteiger partial charge >= 0.3 is 6.55 Å². The van der Waals surface area contributed by atoms with Gasteiger partial charge < -0.3 is 4.90 Å². The Morgan fingerprint density at radius 1 is 1.39 bits per heavy atom. The number of aryl methyl sites for hydroxylation is 2. The monoisotopic (exact) mass is 319 g/mol. The number of amides is 1. The van der Waals surface area contributed by atoms with E-state index in [2.05, 4.69) is 5.10 Å². The Morgan fingerprint density at radius 3 is 2.87 bits per heavy atom. The van der Waals surface area contributed by atoms with Gasteiger partial charge in [0.05, 0.1) is 12.2 Å². The maximum absolute atomic E-state index is 13.2. The van der Waals surface area contributed by atoms with Crippen LogP contribution in [0.4, 0.5) is 8.78 Å². The minimum absolute atomic E-state index is 0.0222. The fraction of sp³-hybridized carbons (Fsp3) is 0.400. The van der Waals surface area contributed by atoms with Gasteiger partial charge in [-0.05, 0) is 31.5 Å². The molecule has 120 valence electrons. The first-order valence-corrected chi connectivity index (χ1v) is 7.23. The number of carbonyl (C=O) groups excluding carboxylic acids is 1. The van der Waals surface area contributed by atoms with Crippen molar-refractivity contribution in [3.8, 4) is 6.07 Å². The molecule has 8 heteroatoms. The molecule has 0 saturated heterocycles. The Balaban J connectivity index is 1.90. The molecular formula is C15H15F2N5O. The van der Waals surface area contributed by atoms with Crippen LogP contribution in [-0.2, 0) is 13.1 Å². The van der Waals surface area contributed by atoms with E-state index >= 15 is 0 Å². The van der Waals surface area contributed by atoms with Crippen LogP contribution in [0.15, 0.2) is 18.2 Å². The molecule has 1 amide bonds. The van der Waals surface area contributed by atoms with E-state index in [1.807, 2.05) is 6.07 Å². The molecule has 0 aliphatic carbocycles. The summed E-state index contributed by atoms with van der Waals surface area (Å²) in [6.07, 6.45) is 0.652. The molecule has 0 atom stereocenters. The smallest absolute Gasteiger partial charge is 0.319 e. The van der Waals surface area contributed by atoms with Gasteiger partial charge in [-0.25, -0.2) is 0 Å². The lowest BCUT2D eigenvalue weighted by molar-refractivity contribution is 0.0547. The summed E-state index contributed by atoms with van der Waals surface area (Å²) in [6, 6.07) is 6.53. The Labute approximate surface area is 131 Å². The SMILES string of the molecule is Cc1ccc(C(=O)N2CCCn3nc(C#N)cc3C2)n1C(F)F. The van der Waals surface area contributed by atoms with E-state index in [0.717, 1.165) is 10.3 Å². The second kappa shape index (κ2) is 5.83. The second-order valence-electron chi connectivity index (χ2n) is 5.44. The minimum atomic E-state index is -2.76. The third-order valence-electron chi connectivity index (χ3n) is 3.95. The highest BCUT2D eigenvalue weighted by Gasteiger charge is 2.26. The normalized spacial score (nSPS) is 14.5. The maximum atomic E-state index is 13.2. The number of nitriles is 1. The van der Waals surface area contributed by atoms with E-state index in [0.29, 0.717) is 30.9 Å². The molecule has 3 rings (SSSR count). The quantitative estimate of drug-likeness (QED) is 0.853. The molecule has 2 aromatic rings. The maximum Gasteiger partial charge on any atom is 0.319 e. The van der Waals surface area contributed by atoms with Crippen LogP contribution in [0.25, 0.3) is 0 Å². The average molecular weight is 319 g/mol. The van der Waals surface area contributed by atoms with Crippen LogP contribution in [0.3, 0.4) is 0 Å². The molecule has 3 heterocycles. The Hall–Kier alpha value is -2.69. The average Bonchev–Trinajstić information content (AvgIpc) is 3.04. The zero-order valence-electron chi connectivity index (χ0n) is 12.5. The van der Waals surface area contributed by atoms with Gasteiger partial charge in [0.1, 0.15) is 11.8 Å². The number of nitrogens with zero attached hydrogens (tertiary/aromatic N) is 5. The van der Waals surface area contributed by atoms with Gasteiger partial charge in [0.2, 0.25) is 0 Å². The lowest BCUT2D eigenvalue weighted by atomic mass is 10.3. The van der Waals surface area contributed by atoms with Crippen LogP contribution >= 0.6 is 0 Å². The molecular weight excluding hydrogens is 304 g/mol. The van der Waals surface area contributed by atoms with Crippen molar-refractivity contribution >= 4 is 5.91 Å². The fourth-order valence-electron chi connectivity index (χ4n) is 2.84. The predicted molar refractivity (Wildman–Crippen MR) is 76.7 cm³/mol. The molecule has 23 heavy (non-hydrogen) atoms. The van der Waals surface area contributed by atoms with Crippen LogP contribution in [-0.4, -0.2) is 31.7 Å². The van der Waals surface area contributed by atoms with E-state index in [4.69, 9.17) is 5.26 Å². The van der Waals surface area contributed by atoms with Crippen LogP contribution in [0, 0.1) is 18.3 Å². The zero-order valence-corrected chi connectivity index (χ0v) is 12.5. The van der Waals surface area contributed by atoms with Crippen molar-refractivity contribution in [2.24, 2.45) is 0 Å². The largest absolute Gasteiger partial charge is 0.331 e. The van der Waals surface area contributed by atoms with E-state index < -0.39 is 12.5 Å². The number of hydrogen-bond donors (Lipinski definition) is 0. The van der Waals surface area contributed by atoms with Crippen molar-refractivity contribution in [2.75, 3.05) is 6.54 Å². The standard InChI is InChI=1S/C15H15F2N5O/c1-10-3-4-13(22(10)15(16)17)14(23)20-5-2-6-21-12(9-20)7-11(8-18)19-21/h3-4,7,15H,2,5-6,9H2,1H3. The fourth-order valence-corrected chi connectivity index (χ4v) is 2.84. The third-order valence-corrected chi connectivity index (χ3v) is 3.95. The van der Waals surface area contributed by atoms with Crippen molar-refractivity contribution in [3.63, 3.8) is 0 Å². The van der Waals surface area contributed by atoms with Crippen molar-refractivity contribution in [2.45, 2.75) is 33.0 Å². The number of rotatable bonds is 2. The zero-order chi connectivity index (χ0) is 16.6. The van der Waals surface area contributed by atoms with Crippen molar-refractivity contribution in [1.29, 1.82) is 5.26 Å². The molecule has 0 spiro atoms. The minimum Gasteiger partial charge on any atom is -0.331 e. The molecule has 0 bridgehead atoms. The first kappa shape index (κ1) is 15.2. The Kier molecular flexibility index (Phi) is 3.86. The van der Waals surface area contributed by atoms with Crippen molar-refractivity contribution < 1.29 is 13.6 Å². The molecule has 1 aliphatic heterocycles. The Morgan fingerprint density at radius 2 is 2.17 bits per heavy atom. The van der Waals surface area contributed by atoms with Crippen molar-refractivity contribution in [1.82, 2.24) is 19.2 Å². The van der Waals surface area contributed by atoms with Gasteiger partial charge in [-0.2, -0.15) is 19.1 Å². The lowest BCUT2D eigenvalue weighted by Gasteiger charge is -2.21. The molecule has 0 N–H and O–H groups in total. The molecule has 0 unspecified atom stereocenters. The number of alkyl halides is 2. The summed E-state index contributed by atoms with van der Waals surface area (Å²) in [4.78, 5) is 14.2. The van der Waals surface area contributed by atoms with Crippen molar-refractivity contribution in [3.05, 3.63) is 41.0 Å². The second-order valence-corrected chi connectivity index (χ2v) is 5.44. The van der Waals surface area contributed by atoms with Crippen LogP contribution in [0.5, 0.6) is 0 Å². The first-order chi connectivity index (χ1) is 11.0. The van der Waals surface area contributed by atoms with Gasteiger partial charge in [-0.1, -0.05) is 0 Å². The number of carbonyl (C=O) groups is 1. The highest BCUT2D eigenvalue weighted by Crippen LogP contribution is 2.22. The van der Waals surface area contributed by atoms with Gasteiger partial charge in [-0.15, -0.1) is 0 Å². The predicted octanol–water partition coefficient (Wildman–Crippen LogP) is 2.31. The molecule has 0 fully saturated rings. The number of fused-ring (bicyclic) bond motifs is 1. The number of halogens is 2. The number of hydrogen-bond acceptors (Lipinski definition) is 3.